The first-order chi connectivity index (χ1) is 13.5. The van der Waals surface area contributed by atoms with Crippen molar-refractivity contribution in [2.24, 2.45) is 5.92 Å². The second-order valence-corrected chi connectivity index (χ2v) is 7.63. The van der Waals surface area contributed by atoms with E-state index in [1.807, 2.05) is 50.2 Å². The van der Waals surface area contributed by atoms with Crippen molar-refractivity contribution in [2.45, 2.75) is 26.5 Å². The number of ether oxygens (including phenoxy) is 1. The molecular formula is C22H21BrN2O3. The van der Waals surface area contributed by atoms with Crippen LogP contribution in [0.1, 0.15) is 29.8 Å². The van der Waals surface area contributed by atoms with Crippen LogP contribution in [0, 0.1) is 5.92 Å². The highest BCUT2D eigenvalue weighted by molar-refractivity contribution is 9.10. The summed E-state index contributed by atoms with van der Waals surface area (Å²) in [5.74, 6) is -0.914. The van der Waals surface area contributed by atoms with Gasteiger partial charge in [0.25, 0.3) is 5.91 Å². The summed E-state index contributed by atoms with van der Waals surface area (Å²) in [6.07, 6.45) is 1.71. The Labute approximate surface area is 172 Å². The summed E-state index contributed by atoms with van der Waals surface area (Å²) in [4.78, 5) is 29.6. The van der Waals surface area contributed by atoms with Gasteiger partial charge in [-0.25, -0.2) is 4.79 Å². The van der Waals surface area contributed by atoms with E-state index in [2.05, 4.69) is 26.2 Å². The van der Waals surface area contributed by atoms with Gasteiger partial charge in [0.2, 0.25) is 0 Å². The van der Waals surface area contributed by atoms with Crippen LogP contribution in [0.3, 0.4) is 0 Å². The van der Waals surface area contributed by atoms with Gasteiger partial charge < -0.3 is 10.1 Å². The smallest absolute Gasteiger partial charge is 0.329 e. The molecule has 0 aliphatic rings. The Hall–Kier alpha value is -2.73. The number of hydrogen-bond acceptors (Lipinski definition) is 4. The number of hydrogen-bond donors (Lipinski definition) is 1. The number of carbonyl (C=O) groups is 2. The minimum absolute atomic E-state index is 0.0985. The standard InChI is InChI=1S/C22H21BrN2O3/c1-14(2)19(25-21(26)17-10-3-4-11-18(17)23)22(27)28-13-16-8-5-7-15-9-6-12-24-20(15)16/h3-12,14,19H,13H2,1-2H3,(H,25,26)/t19-/m0/s1. The first-order valence-corrected chi connectivity index (χ1v) is 9.81. The summed E-state index contributed by atoms with van der Waals surface area (Å²) in [5.41, 5.74) is 2.10. The molecule has 3 aromatic rings. The number of amides is 1. The second kappa shape index (κ2) is 8.97. The minimum atomic E-state index is -0.748. The van der Waals surface area contributed by atoms with Gasteiger partial charge >= 0.3 is 5.97 Å². The highest BCUT2D eigenvalue weighted by Crippen LogP contribution is 2.19. The van der Waals surface area contributed by atoms with E-state index >= 15 is 0 Å². The fraction of sp³-hybridized carbons (Fsp3) is 0.227. The first-order valence-electron chi connectivity index (χ1n) is 9.02. The molecule has 144 valence electrons. The van der Waals surface area contributed by atoms with Crippen LogP contribution < -0.4 is 5.32 Å². The van der Waals surface area contributed by atoms with E-state index in [1.165, 1.54) is 0 Å². The van der Waals surface area contributed by atoms with Crippen molar-refractivity contribution in [3.05, 3.63) is 76.4 Å². The molecule has 1 N–H and O–H groups in total. The van der Waals surface area contributed by atoms with Crippen LogP contribution in [0.15, 0.2) is 65.3 Å². The molecule has 3 rings (SSSR count). The number of para-hydroxylation sites is 1. The number of esters is 1. The maximum Gasteiger partial charge on any atom is 0.329 e. The summed E-state index contributed by atoms with van der Waals surface area (Å²) in [6, 6.07) is 15.9. The van der Waals surface area contributed by atoms with Gasteiger partial charge in [0.05, 0.1) is 11.1 Å². The number of aromatic nitrogens is 1. The number of nitrogens with one attached hydrogen (secondary N) is 1. The Kier molecular flexibility index (Phi) is 6.41. The molecule has 0 aliphatic carbocycles. The van der Waals surface area contributed by atoms with Gasteiger partial charge in [0, 0.05) is 21.6 Å². The molecule has 0 spiro atoms. The van der Waals surface area contributed by atoms with Crippen LogP contribution in [0.2, 0.25) is 0 Å². The van der Waals surface area contributed by atoms with Crippen LogP contribution in [-0.4, -0.2) is 22.9 Å². The van der Waals surface area contributed by atoms with Gasteiger partial charge in [0.1, 0.15) is 12.6 Å². The van der Waals surface area contributed by atoms with Crippen LogP contribution in [0.25, 0.3) is 10.9 Å². The fourth-order valence-electron chi connectivity index (χ4n) is 2.88. The van der Waals surface area contributed by atoms with Crippen LogP contribution >= 0.6 is 15.9 Å². The van der Waals surface area contributed by atoms with Crippen molar-refractivity contribution >= 4 is 38.7 Å². The zero-order valence-corrected chi connectivity index (χ0v) is 17.3. The highest BCUT2D eigenvalue weighted by Gasteiger charge is 2.27. The quantitative estimate of drug-likeness (QED) is 0.573. The first kappa shape index (κ1) is 20.0. The number of nitrogens with zero attached hydrogens (tertiary/aromatic N) is 1. The van der Waals surface area contributed by atoms with E-state index in [4.69, 9.17) is 4.74 Å². The molecule has 1 amide bonds. The SMILES string of the molecule is CC(C)[C@H](NC(=O)c1ccccc1Br)C(=O)OCc1cccc2cccnc12. The van der Waals surface area contributed by atoms with Crippen molar-refractivity contribution < 1.29 is 14.3 Å². The number of carbonyl (C=O) groups excluding carboxylic acids is 2. The van der Waals surface area contributed by atoms with Crippen LogP contribution in [-0.2, 0) is 16.1 Å². The van der Waals surface area contributed by atoms with Gasteiger partial charge in [-0.3, -0.25) is 9.78 Å². The maximum atomic E-state index is 12.7. The topological polar surface area (TPSA) is 68.3 Å². The molecule has 2 aromatic carbocycles. The van der Waals surface area contributed by atoms with E-state index < -0.39 is 12.0 Å². The Morgan fingerprint density at radius 3 is 2.57 bits per heavy atom. The molecule has 5 nitrogen and oxygen atoms in total. The average molecular weight is 441 g/mol. The van der Waals surface area contributed by atoms with Gasteiger partial charge in [-0.1, -0.05) is 50.2 Å². The van der Waals surface area contributed by atoms with Gasteiger partial charge in [-0.05, 0) is 40.0 Å². The number of halogens is 1. The lowest BCUT2D eigenvalue weighted by Gasteiger charge is -2.21. The zero-order chi connectivity index (χ0) is 20.1. The molecule has 0 bridgehead atoms. The summed E-state index contributed by atoms with van der Waals surface area (Å²) < 4.78 is 6.19. The zero-order valence-electron chi connectivity index (χ0n) is 15.7. The molecule has 0 fully saturated rings. The Morgan fingerprint density at radius 2 is 1.82 bits per heavy atom. The average Bonchev–Trinajstić information content (AvgIpc) is 2.70. The molecular weight excluding hydrogens is 420 g/mol. The summed E-state index contributed by atoms with van der Waals surface area (Å²) >= 11 is 3.36. The largest absolute Gasteiger partial charge is 0.459 e. The van der Waals surface area contributed by atoms with Crippen LogP contribution in [0.5, 0.6) is 0 Å². The third-order valence-corrected chi connectivity index (χ3v) is 5.10. The molecule has 6 heteroatoms. The van der Waals surface area contributed by atoms with Crippen LogP contribution in [0.4, 0.5) is 0 Å². The molecule has 0 aliphatic heterocycles. The molecule has 0 saturated heterocycles. The van der Waals surface area contributed by atoms with Crippen molar-refractivity contribution in [3.8, 4) is 0 Å². The number of pyridine rings is 1. The maximum absolute atomic E-state index is 12.7. The Bertz CT molecular complexity index is 998. The van der Waals surface area contributed by atoms with Crippen molar-refractivity contribution in [1.29, 1.82) is 0 Å². The number of benzene rings is 2. The van der Waals surface area contributed by atoms with E-state index in [9.17, 15) is 9.59 Å². The molecule has 28 heavy (non-hydrogen) atoms. The van der Waals surface area contributed by atoms with Crippen molar-refractivity contribution in [1.82, 2.24) is 10.3 Å². The lowest BCUT2D eigenvalue weighted by molar-refractivity contribution is -0.148. The number of rotatable bonds is 6. The Morgan fingerprint density at radius 1 is 1.07 bits per heavy atom. The molecule has 0 radical (unpaired) electrons. The highest BCUT2D eigenvalue weighted by atomic mass is 79.9. The van der Waals surface area contributed by atoms with Crippen molar-refractivity contribution in [3.63, 3.8) is 0 Å². The normalized spacial score (nSPS) is 12.0. The minimum Gasteiger partial charge on any atom is -0.459 e. The second-order valence-electron chi connectivity index (χ2n) is 6.77. The fourth-order valence-corrected chi connectivity index (χ4v) is 3.35. The molecule has 1 aromatic heterocycles. The van der Waals surface area contributed by atoms with Gasteiger partial charge in [-0.2, -0.15) is 0 Å². The third kappa shape index (κ3) is 4.57. The lowest BCUT2D eigenvalue weighted by Crippen LogP contribution is -2.45. The summed E-state index contributed by atoms with van der Waals surface area (Å²) in [7, 11) is 0. The van der Waals surface area contributed by atoms with E-state index in [-0.39, 0.29) is 18.4 Å². The molecule has 1 atom stereocenters. The molecule has 1 heterocycles. The summed E-state index contributed by atoms with van der Waals surface area (Å²) in [5, 5.41) is 3.77. The van der Waals surface area contributed by atoms with E-state index in [1.54, 1.807) is 24.4 Å². The number of fused-ring (bicyclic) bond motifs is 1. The molecule has 0 saturated carbocycles. The van der Waals surface area contributed by atoms with Crippen molar-refractivity contribution in [2.75, 3.05) is 0 Å². The van der Waals surface area contributed by atoms with E-state index in [0.29, 0.717) is 10.0 Å². The predicted molar refractivity (Wildman–Crippen MR) is 112 cm³/mol. The monoisotopic (exact) mass is 440 g/mol. The van der Waals surface area contributed by atoms with Gasteiger partial charge in [-0.15, -0.1) is 0 Å². The van der Waals surface area contributed by atoms with E-state index in [0.717, 1.165) is 16.5 Å². The van der Waals surface area contributed by atoms with Gasteiger partial charge in [0.15, 0.2) is 0 Å². The lowest BCUT2D eigenvalue weighted by atomic mass is 10.0. The molecule has 0 unspecified atom stereocenters. The summed E-state index contributed by atoms with van der Waals surface area (Å²) in [6.45, 7) is 3.83. The Balaban J connectivity index is 1.71. The predicted octanol–water partition coefficient (Wildman–Crippen LogP) is 4.50. The third-order valence-electron chi connectivity index (χ3n) is 4.41.